The third-order valence-corrected chi connectivity index (χ3v) is 4.89. The van der Waals surface area contributed by atoms with Crippen LogP contribution in [0.15, 0.2) is 41.1 Å². The molecule has 0 bridgehead atoms. The van der Waals surface area contributed by atoms with Gasteiger partial charge in [-0.2, -0.15) is 0 Å². The van der Waals surface area contributed by atoms with Crippen LogP contribution in [0.25, 0.3) is 0 Å². The van der Waals surface area contributed by atoms with Crippen LogP contribution in [0, 0.1) is 0 Å². The van der Waals surface area contributed by atoms with Gasteiger partial charge in [-0.15, -0.1) is 0 Å². The number of nitrogens with zero attached hydrogens (tertiary/aromatic N) is 2. The van der Waals surface area contributed by atoms with E-state index in [0.29, 0.717) is 42.4 Å². The topological polar surface area (TPSA) is 112 Å². The second-order valence-electron chi connectivity index (χ2n) is 6.50. The maximum atomic E-state index is 12.3. The number of hydrogen-bond acceptors (Lipinski definition) is 7. The fraction of sp³-hybridized carbons (Fsp3) is 0.421. The Bertz CT molecular complexity index is 811. The molecule has 1 heterocycles. The molecule has 1 saturated heterocycles. The van der Waals surface area contributed by atoms with E-state index < -0.39 is 18.3 Å². The molecular formula is C19H23ClN4O5. The van der Waals surface area contributed by atoms with Crippen LogP contribution >= 0.6 is 11.6 Å². The Balaban J connectivity index is 1.68. The van der Waals surface area contributed by atoms with Crippen LogP contribution in [-0.2, 0) is 19.1 Å². The first-order valence-electron chi connectivity index (χ1n) is 9.19. The van der Waals surface area contributed by atoms with Crippen molar-refractivity contribution in [2.24, 2.45) is 4.99 Å². The maximum absolute atomic E-state index is 12.3. The molecule has 1 aromatic carbocycles. The summed E-state index contributed by atoms with van der Waals surface area (Å²) in [4.78, 5) is 29.3. The second-order valence-corrected chi connectivity index (χ2v) is 6.94. The largest absolute Gasteiger partial charge is 0.496 e. The van der Waals surface area contributed by atoms with Crippen LogP contribution in [-0.4, -0.2) is 55.4 Å². The minimum atomic E-state index is -0.899. The highest BCUT2D eigenvalue weighted by atomic mass is 35.5. The van der Waals surface area contributed by atoms with Crippen LogP contribution in [0.3, 0.4) is 0 Å². The van der Waals surface area contributed by atoms with E-state index in [1.165, 1.54) is 0 Å². The van der Waals surface area contributed by atoms with E-state index in [9.17, 15) is 9.59 Å². The van der Waals surface area contributed by atoms with Gasteiger partial charge in [0.05, 0.1) is 12.4 Å². The van der Waals surface area contributed by atoms with Crippen LogP contribution < -0.4 is 15.7 Å². The third kappa shape index (κ3) is 5.06. The van der Waals surface area contributed by atoms with E-state index in [0.717, 1.165) is 5.76 Å². The van der Waals surface area contributed by atoms with Crippen LogP contribution in [0.5, 0.6) is 0 Å². The van der Waals surface area contributed by atoms with Gasteiger partial charge in [0.15, 0.2) is 6.04 Å². The number of ether oxygens (including phenoxy) is 2. The van der Waals surface area contributed by atoms with Crippen molar-refractivity contribution in [3.8, 4) is 0 Å². The first-order chi connectivity index (χ1) is 14.0. The smallest absolute Gasteiger partial charge is 0.274 e. The van der Waals surface area contributed by atoms with Crippen molar-refractivity contribution in [1.29, 1.82) is 0 Å². The molecule has 3 rings (SSSR count). The molecule has 0 saturated carbocycles. The molecule has 1 aliphatic heterocycles. The number of aliphatic imine (C=N–C) groups is 1. The number of carbonyl (C=O) groups excluding carboxylic acids is 2. The summed E-state index contributed by atoms with van der Waals surface area (Å²) in [5.41, 5.74) is 2.33. The number of amidine groups is 1. The lowest BCUT2D eigenvalue weighted by Gasteiger charge is -2.29. The molecule has 9 nitrogen and oxygen atoms in total. The van der Waals surface area contributed by atoms with Gasteiger partial charge in [-0.3, -0.25) is 19.8 Å². The Morgan fingerprint density at radius 2 is 2.10 bits per heavy atom. The molecule has 1 aromatic rings. The molecule has 1 aliphatic carbocycles. The van der Waals surface area contributed by atoms with Gasteiger partial charge in [0.1, 0.15) is 18.2 Å². The number of carbonyl (C=O) groups is 2. The molecule has 29 heavy (non-hydrogen) atoms. The van der Waals surface area contributed by atoms with Crippen molar-refractivity contribution in [2.45, 2.75) is 31.7 Å². The summed E-state index contributed by atoms with van der Waals surface area (Å²) in [5.74, 6) is 0.704. The molecule has 1 fully saturated rings. The van der Waals surface area contributed by atoms with Crippen molar-refractivity contribution < 1.29 is 24.3 Å². The molecule has 0 aromatic heterocycles. The Labute approximate surface area is 173 Å². The van der Waals surface area contributed by atoms with E-state index in [1.54, 1.807) is 47.8 Å². The Morgan fingerprint density at radius 3 is 2.72 bits per heavy atom. The molecular weight excluding hydrogens is 400 g/mol. The number of amides is 1. The van der Waals surface area contributed by atoms with E-state index in [-0.39, 0.29) is 12.4 Å². The fourth-order valence-corrected chi connectivity index (χ4v) is 3.34. The number of anilines is 1. The highest BCUT2D eigenvalue weighted by molar-refractivity contribution is 6.30. The normalized spacial score (nSPS) is 23.0. The summed E-state index contributed by atoms with van der Waals surface area (Å²) in [5, 5.41) is 12.8. The van der Waals surface area contributed by atoms with Crippen LogP contribution in [0.2, 0.25) is 5.02 Å². The lowest BCUT2D eigenvalue weighted by Crippen LogP contribution is -2.48. The summed E-state index contributed by atoms with van der Waals surface area (Å²) in [7, 11) is 1.54. The summed E-state index contributed by atoms with van der Waals surface area (Å²) in [6.07, 6.45) is 2.59. The Hall–Kier alpha value is -2.62. The summed E-state index contributed by atoms with van der Waals surface area (Å²) in [6.45, 7) is 0.527. The zero-order valence-corrected chi connectivity index (χ0v) is 16.7. The standard InChI is InChI=1S/C19H23ClN4O5/c1-21-17-16(18(26)23-27)24(13-4-2-12(20)3-5-13)19(22-17)29-11-10-28-15-8-6-14(25)7-9-15/h2-5,8,16,19,27H,6-7,9-11H2,1H3,(H,21,22)(H,23,26). The zero-order chi connectivity index (χ0) is 20.8. The first kappa shape index (κ1) is 21.1. The first-order valence-corrected chi connectivity index (χ1v) is 9.57. The van der Waals surface area contributed by atoms with Gasteiger partial charge in [-0.05, 0) is 30.3 Å². The van der Waals surface area contributed by atoms with E-state index in [4.69, 9.17) is 26.3 Å². The van der Waals surface area contributed by atoms with E-state index in [2.05, 4.69) is 10.3 Å². The van der Waals surface area contributed by atoms with Gasteiger partial charge < -0.3 is 19.7 Å². The predicted molar refractivity (Wildman–Crippen MR) is 107 cm³/mol. The van der Waals surface area contributed by atoms with E-state index >= 15 is 0 Å². The highest BCUT2D eigenvalue weighted by Crippen LogP contribution is 2.26. The molecule has 1 amide bonds. The SMILES string of the molecule is CN=C1NC(OCCOC2=CCC(=O)CC2)N(c2ccc(Cl)cc2)C1C(=O)NO. The van der Waals surface area contributed by atoms with Gasteiger partial charge in [0.2, 0.25) is 6.35 Å². The predicted octanol–water partition coefficient (Wildman–Crippen LogP) is 1.61. The number of benzene rings is 1. The van der Waals surface area contributed by atoms with Crippen molar-refractivity contribution in [3.05, 3.63) is 41.1 Å². The van der Waals surface area contributed by atoms with Gasteiger partial charge in [-0.25, -0.2) is 5.48 Å². The van der Waals surface area contributed by atoms with E-state index in [1.807, 2.05) is 0 Å². The zero-order valence-electron chi connectivity index (χ0n) is 15.9. The van der Waals surface area contributed by atoms with Crippen molar-refractivity contribution in [1.82, 2.24) is 10.8 Å². The molecule has 10 heteroatoms. The average molecular weight is 423 g/mol. The van der Waals surface area contributed by atoms with Gasteiger partial charge in [0.25, 0.3) is 5.91 Å². The number of rotatable bonds is 7. The number of hydroxylamine groups is 1. The van der Waals surface area contributed by atoms with Crippen molar-refractivity contribution in [2.75, 3.05) is 25.2 Å². The van der Waals surface area contributed by atoms with Gasteiger partial charge >= 0.3 is 0 Å². The molecule has 3 N–H and O–H groups in total. The average Bonchev–Trinajstić information content (AvgIpc) is 3.11. The minimum absolute atomic E-state index is 0.210. The molecule has 2 atom stereocenters. The summed E-state index contributed by atoms with van der Waals surface area (Å²) in [6, 6.07) is 5.99. The quantitative estimate of drug-likeness (QED) is 0.347. The molecule has 2 aliphatic rings. The lowest BCUT2D eigenvalue weighted by molar-refractivity contribution is -0.129. The van der Waals surface area contributed by atoms with Crippen molar-refractivity contribution >= 4 is 34.8 Å². The number of allylic oxidation sites excluding steroid dienone is 2. The fourth-order valence-electron chi connectivity index (χ4n) is 3.22. The molecule has 0 radical (unpaired) electrons. The highest BCUT2D eigenvalue weighted by Gasteiger charge is 2.43. The number of nitrogens with one attached hydrogen (secondary N) is 2. The maximum Gasteiger partial charge on any atom is 0.274 e. The van der Waals surface area contributed by atoms with Crippen molar-refractivity contribution in [3.63, 3.8) is 0 Å². The number of ketones is 1. The van der Waals surface area contributed by atoms with Gasteiger partial charge in [0, 0.05) is 37.0 Å². The summed E-state index contributed by atoms with van der Waals surface area (Å²) < 4.78 is 11.6. The van der Waals surface area contributed by atoms with Gasteiger partial charge in [-0.1, -0.05) is 11.6 Å². The Morgan fingerprint density at radius 1 is 1.34 bits per heavy atom. The number of halogens is 1. The number of Topliss-reactive ketones (excluding diaryl/α,β-unsaturated/α-hetero) is 1. The minimum Gasteiger partial charge on any atom is -0.496 e. The third-order valence-electron chi connectivity index (χ3n) is 4.64. The second kappa shape index (κ2) is 9.73. The molecule has 0 spiro atoms. The van der Waals surface area contributed by atoms with Crippen LogP contribution in [0.1, 0.15) is 19.3 Å². The summed E-state index contributed by atoms with van der Waals surface area (Å²) >= 11 is 5.97. The lowest BCUT2D eigenvalue weighted by atomic mass is 10.1. The molecule has 156 valence electrons. The Kier molecular flexibility index (Phi) is 7.08. The molecule has 2 unspecified atom stereocenters. The monoisotopic (exact) mass is 422 g/mol. The van der Waals surface area contributed by atoms with Crippen LogP contribution in [0.4, 0.5) is 5.69 Å². The number of hydrogen-bond donors (Lipinski definition) is 3.